The summed E-state index contributed by atoms with van der Waals surface area (Å²) in [5.74, 6) is -2.49. The van der Waals surface area contributed by atoms with Gasteiger partial charge < -0.3 is 9.45 Å². The van der Waals surface area contributed by atoms with Crippen molar-refractivity contribution in [3.8, 4) is 11.3 Å². The number of halogens is 2. The van der Waals surface area contributed by atoms with Crippen LogP contribution in [-0.4, -0.2) is 50.6 Å². The number of amides is 1. The highest BCUT2D eigenvalue weighted by atomic mass is 32.2. The molecule has 1 aromatic carbocycles. The molecule has 176 valence electrons. The van der Waals surface area contributed by atoms with Crippen LogP contribution in [0.2, 0.25) is 0 Å². The quantitative estimate of drug-likeness (QED) is 0.620. The molecule has 2 aromatic rings. The summed E-state index contributed by atoms with van der Waals surface area (Å²) in [4.78, 5) is 19.2. The fourth-order valence-corrected chi connectivity index (χ4v) is 6.36. The molecule has 4 fully saturated rings. The van der Waals surface area contributed by atoms with Gasteiger partial charge in [-0.1, -0.05) is 18.2 Å². The van der Waals surface area contributed by atoms with Crippen LogP contribution in [0.15, 0.2) is 42.6 Å². The second-order valence-electron chi connectivity index (χ2n) is 9.87. The molecule has 1 aromatic heterocycles. The van der Waals surface area contributed by atoms with Crippen molar-refractivity contribution in [3.05, 3.63) is 53.7 Å². The van der Waals surface area contributed by atoms with Crippen LogP contribution in [0.3, 0.4) is 0 Å². The summed E-state index contributed by atoms with van der Waals surface area (Å²) in [6, 6.07) is 9.47. The number of likely N-dealkylation sites (tertiary alicyclic amines) is 1. The van der Waals surface area contributed by atoms with Crippen LogP contribution in [0, 0.1) is 18.3 Å². The normalized spacial score (nSPS) is 30.5. The van der Waals surface area contributed by atoms with Gasteiger partial charge in [0, 0.05) is 23.1 Å². The van der Waals surface area contributed by atoms with E-state index in [0.29, 0.717) is 5.92 Å². The van der Waals surface area contributed by atoms with Crippen LogP contribution in [0.25, 0.3) is 11.3 Å². The lowest BCUT2D eigenvalue weighted by Crippen LogP contribution is -2.62. The molecule has 1 aliphatic heterocycles. The minimum absolute atomic E-state index is 0.155. The number of alkyl halides is 2. The molecule has 8 heteroatoms. The Morgan fingerprint density at radius 3 is 2.67 bits per heavy atom. The summed E-state index contributed by atoms with van der Waals surface area (Å²) < 4.78 is 45.2. The standard InChI is InChI=1S/C25H29F2N3O2S/c1-3-33(32)29-22-21(30(15-25(22,26)27)23(31)24-12-18(13-24)14-24)11-17-5-4-6-19(10-17)20-9-16(2)7-8-28-20/h4-10,18,21-22,29H,3,11-15H2,1-2H3/t18?,21-,22+,24?,33?/m0/s1. The number of aryl methyl sites for hydroxylation is 1. The first-order chi connectivity index (χ1) is 15.7. The van der Waals surface area contributed by atoms with Gasteiger partial charge in [-0.3, -0.25) is 9.78 Å². The maximum atomic E-state index is 15.2. The monoisotopic (exact) mass is 473 g/mol. The van der Waals surface area contributed by atoms with Crippen LogP contribution in [0.4, 0.5) is 8.78 Å². The Morgan fingerprint density at radius 1 is 1.27 bits per heavy atom. The topological polar surface area (TPSA) is 68.3 Å². The fourth-order valence-electron chi connectivity index (χ4n) is 5.58. The largest absolute Gasteiger partial charge is 0.598 e. The third-order valence-electron chi connectivity index (χ3n) is 7.48. The van der Waals surface area contributed by atoms with Crippen molar-refractivity contribution in [2.24, 2.45) is 11.3 Å². The molecule has 0 spiro atoms. The molecular formula is C25H29F2N3O2S. The minimum atomic E-state index is -3.15. The fraction of sp³-hybridized carbons (Fsp3) is 0.520. The molecule has 0 radical (unpaired) electrons. The molecule has 3 saturated carbocycles. The zero-order valence-corrected chi connectivity index (χ0v) is 19.7. The lowest BCUT2D eigenvalue weighted by atomic mass is 9.44. The Hall–Kier alpha value is -2.03. The Labute approximate surface area is 196 Å². The molecule has 3 atom stereocenters. The molecule has 3 aliphatic carbocycles. The number of rotatable bonds is 7. The number of pyridine rings is 1. The third-order valence-corrected chi connectivity index (χ3v) is 8.52. The van der Waals surface area contributed by atoms with Gasteiger partial charge in [-0.15, -0.1) is 4.72 Å². The molecule has 5 nitrogen and oxygen atoms in total. The smallest absolute Gasteiger partial charge is 0.286 e. The summed E-state index contributed by atoms with van der Waals surface area (Å²) >= 11 is -1.58. The molecule has 1 unspecified atom stereocenters. The van der Waals surface area contributed by atoms with Crippen molar-refractivity contribution in [3.63, 3.8) is 0 Å². The van der Waals surface area contributed by atoms with E-state index in [1.54, 1.807) is 13.1 Å². The van der Waals surface area contributed by atoms with Crippen molar-refractivity contribution in [2.75, 3.05) is 12.3 Å². The van der Waals surface area contributed by atoms with Crippen molar-refractivity contribution in [1.29, 1.82) is 0 Å². The van der Waals surface area contributed by atoms with E-state index in [4.69, 9.17) is 0 Å². The first kappa shape index (κ1) is 22.7. The van der Waals surface area contributed by atoms with E-state index in [1.165, 1.54) is 4.90 Å². The van der Waals surface area contributed by atoms with Crippen LogP contribution in [-0.2, 0) is 22.6 Å². The number of carbonyl (C=O) groups excluding carboxylic acids is 1. The van der Waals surface area contributed by atoms with E-state index in [-0.39, 0.29) is 18.1 Å². The highest BCUT2D eigenvalue weighted by Crippen LogP contribution is 2.65. The summed E-state index contributed by atoms with van der Waals surface area (Å²) in [6.07, 6.45) is 4.45. The summed E-state index contributed by atoms with van der Waals surface area (Å²) in [7, 11) is 0. The molecule has 1 saturated heterocycles. The second-order valence-corrected chi connectivity index (χ2v) is 11.4. The number of hydrogen-bond donors (Lipinski definition) is 1. The lowest BCUT2D eigenvalue weighted by molar-refractivity contribution is -0.178. The van der Waals surface area contributed by atoms with E-state index in [2.05, 4.69) is 9.71 Å². The Balaban J connectivity index is 1.45. The first-order valence-corrected chi connectivity index (χ1v) is 12.9. The first-order valence-electron chi connectivity index (χ1n) is 11.6. The SMILES string of the molecule is CC[S+]([O-])N[C@@H]1[C@H](Cc2cccc(-c3cc(C)ccn3)c2)N(C(=O)C23CC(C2)C3)CC1(F)F. The minimum Gasteiger partial charge on any atom is -0.598 e. The number of aromatic nitrogens is 1. The number of hydrogen-bond acceptors (Lipinski definition) is 4. The number of benzene rings is 1. The highest BCUT2D eigenvalue weighted by Gasteiger charge is 2.66. The summed E-state index contributed by atoms with van der Waals surface area (Å²) in [5, 5.41) is 0. The van der Waals surface area contributed by atoms with E-state index >= 15 is 8.78 Å². The lowest BCUT2D eigenvalue weighted by Gasteiger charge is -2.61. The van der Waals surface area contributed by atoms with Crippen LogP contribution < -0.4 is 4.72 Å². The van der Waals surface area contributed by atoms with Crippen LogP contribution in [0.5, 0.6) is 0 Å². The van der Waals surface area contributed by atoms with Gasteiger partial charge >= 0.3 is 0 Å². The van der Waals surface area contributed by atoms with Crippen LogP contribution in [0.1, 0.15) is 37.3 Å². The maximum Gasteiger partial charge on any atom is 0.286 e. The van der Waals surface area contributed by atoms with Gasteiger partial charge in [0.05, 0.1) is 23.7 Å². The number of nitrogens with zero attached hydrogens (tertiary/aromatic N) is 2. The zero-order valence-electron chi connectivity index (χ0n) is 18.9. The summed E-state index contributed by atoms with van der Waals surface area (Å²) in [5.41, 5.74) is 3.22. The molecule has 33 heavy (non-hydrogen) atoms. The van der Waals surface area contributed by atoms with Gasteiger partial charge in [0.15, 0.2) is 0 Å². The van der Waals surface area contributed by atoms with Crippen molar-refractivity contribution >= 4 is 17.3 Å². The predicted molar refractivity (Wildman–Crippen MR) is 124 cm³/mol. The Bertz CT molecular complexity index is 1050. The second kappa shape index (κ2) is 8.32. The van der Waals surface area contributed by atoms with Crippen molar-refractivity contribution < 1.29 is 18.1 Å². The average molecular weight is 474 g/mol. The van der Waals surface area contributed by atoms with Gasteiger partial charge in [0.2, 0.25) is 5.91 Å². The molecule has 1 amide bonds. The molecular weight excluding hydrogens is 444 g/mol. The predicted octanol–water partition coefficient (Wildman–Crippen LogP) is 3.89. The van der Waals surface area contributed by atoms with E-state index in [0.717, 1.165) is 41.6 Å². The average Bonchev–Trinajstić information content (AvgIpc) is 2.96. The van der Waals surface area contributed by atoms with E-state index < -0.39 is 41.3 Å². The van der Waals surface area contributed by atoms with Gasteiger partial charge in [0.25, 0.3) is 5.92 Å². The highest BCUT2D eigenvalue weighted by molar-refractivity contribution is 7.89. The number of nitrogens with one attached hydrogen (secondary N) is 1. The number of carbonyl (C=O) groups is 1. The van der Waals surface area contributed by atoms with Crippen molar-refractivity contribution in [2.45, 2.75) is 57.5 Å². The maximum absolute atomic E-state index is 15.2. The summed E-state index contributed by atoms with van der Waals surface area (Å²) in [6.45, 7) is 3.06. The third kappa shape index (κ3) is 4.06. The Kier molecular flexibility index (Phi) is 5.74. The molecule has 1 N–H and O–H groups in total. The van der Waals surface area contributed by atoms with Gasteiger partial charge in [-0.25, -0.2) is 8.78 Å². The van der Waals surface area contributed by atoms with E-state index in [9.17, 15) is 9.35 Å². The molecule has 2 bridgehead atoms. The van der Waals surface area contributed by atoms with Crippen LogP contribution >= 0.6 is 0 Å². The van der Waals surface area contributed by atoms with E-state index in [1.807, 2.05) is 43.3 Å². The van der Waals surface area contributed by atoms with Gasteiger partial charge in [-0.05, 0) is 74.8 Å². The molecule has 2 heterocycles. The molecule has 6 rings (SSSR count). The van der Waals surface area contributed by atoms with Gasteiger partial charge in [0.1, 0.15) is 11.8 Å². The van der Waals surface area contributed by atoms with Gasteiger partial charge in [-0.2, -0.15) is 0 Å². The Morgan fingerprint density at radius 2 is 2.03 bits per heavy atom. The zero-order chi connectivity index (χ0) is 23.4. The molecule has 4 aliphatic rings. The van der Waals surface area contributed by atoms with Crippen molar-refractivity contribution in [1.82, 2.24) is 14.6 Å².